The van der Waals surface area contributed by atoms with Gasteiger partial charge < -0.3 is 11.1 Å². The number of hydrogen-bond acceptors (Lipinski definition) is 4. The van der Waals surface area contributed by atoms with Crippen molar-refractivity contribution < 1.29 is 4.21 Å². The Labute approximate surface area is 104 Å². The van der Waals surface area contributed by atoms with Crippen LogP contribution >= 0.6 is 0 Å². The molecule has 1 aliphatic rings. The van der Waals surface area contributed by atoms with Crippen molar-refractivity contribution in [3.8, 4) is 0 Å². The second-order valence-electron chi connectivity index (χ2n) is 4.43. The third kappa shape index (κ3) is 2.62. The van der Waals surface area contributed by atoms with Gasteiger partial charge in [-0.05, 0) is 26.7 Å². The lowest BCUT2D eigenvalue weighted by Crippen LogP contribution is -2.30. The number of nitrogens with two attached hydrogens (primary N) is 1. The van der Waals surface area contributed by atoms with Gasteiger partial charge in [0.25, 0.3) is 0 Å². The second-order valence-corrected chi connectivity index (χ2v) is 6.13. The third-order valence-corrected chi connectivity index (χ3v) is 4.58. The molecule has 17 heavy (non-hydrogen) atoms. The molecular formula is C11H20N4OS. The Bertz CT molecular complexity index is 419. The summed E-state index contributed by atoms with van der Waals surface area (Å²) in [4.78, 5) is 0. The Morgan fingerprint density at radius 2 is 2.18 bits per heavy atom. The number of aromatic nitrogens is 2. The van der Waals surface area contributed by atoms with E-state index in [0.717, 1.165) is 48.1 Å². The number of nitrogen functional groups attached to an aromatic ring is 1. The normalized spacial score (nSPS) is 24.8. The maximum atomic E-state index is 11.3. The fourth-order valence-electron chi connectivity index (χ4n) is 2.11. The van der Waals surface area contributed by atoms with Crippen LogP contribution in [-0.2, 0) is 17.3 Å². The molecule has 96 valence electrons. The number of aryl methyl sites for hydroxylation is 2. The maximum absolute atomic E-state index is 11.3. The van der Waals surface area contributed by atoms with Crippen molar-refractivity contribution in [3.63, 3.8) is 0 Å². The molecule has 0 aromatic carbocycles. The van der Waals surface area contributed by atoms with Gasteiger partial charge in [-0.25, -0.2) is 4.68 Å². The molecule has 1 saturated heterocycles. The lowest BCUT2D eigenvalue weighted by Gasteiger charge is -2.24. The van der Waals surface area contributed by atoms with E-state index in [2.05, 4.69) is 10.4 Å². The molecule has 0 radical (unpaired) electrons. The van der Waals surface area contributed by atoms with Crippen molar-refractivity contribution in [1.29, 1.82) is 0 Å². The Balaban J connectivity index is 2.10. The van der Waals surface area contributed by atoms with E-state index in [1.54, 1.807) is 0 Å². The molecule has 2 heterocycles. The molecule has 0 aliphatic carbocycles. The van der Waals surface area contributed by atoms with Crippen molar-refractivity contribution in [2.24, 2.45) is 0 Å². The van der Waals surface area contributed by atoms with Crippen LogP contribution in [0.15, 0.2) is 0 Å². The summed E-state index contributed by atoms with van der Waals surface area (Å²) < 4.78 is 13.2. The predicted molar refractivity (Wildman–Crippen MR) is 71.6 cm³/mol. The molecule has 1 aliphatic heterocycles. The Hall–Kier alpha value is -1.04. The molecular weight excluding hydrogens is 236 g/mol. The highest BCUT2D eigenvalue weighted by Gasteiger charge is 2.20. The van der Waals surface area contributed by atoms with Crippen molar-refractivity contribution in [2.45, 2.75) is 39.3 Å². The van der Waals surface area contributed by atoms with Crippen molar-refractivity contribution in [3.05, 3.63) is 5.69 Å². The Morgan fingerprint density at radius 3 is 2.76 bits per heavy atom. The molecule has 6 heteroatoms. The van der Waals surface area contributed by atoms with Gasteiger partial charge >= 0.3 is 0 Å². The summed E-state index contributed by atoms with van der Waals surface area (Å²) in [6.07, 6.45) is 1.89. The summed E-state index contributed by atoms with van der Waals surface area (Å²) in [6, 6.07) is 0.372. The quantitative estimate of drug-likeness (QED) is 0.850. The van der Waals surface area contributed by atoms with E-state index in [4.69, 9.17) is 5.73 Å². The number of hydrogen-bond donors (Lipinski definition) is 2. The van der Waals surface area contributed by atoms with E-state index in [-0.39, 0.29) is 0 Å². The van der Waals surface area contributed by atoms with Gasteiger partial charge in [0.2, 0.25) is 0 Å². The van der Waals surface area contributed by atoms with E-state index in [9.17, 15) is 4.21 Å². The predicted octanol–water partition coefficient (Wildman–Crippen LogP) is 1.12. The van der Waals surface area contributed by atoms with Gasteiger partial charge in [-0.15, -0.1) is 0 Å². The van der Waals surface area contributed by atoms with Gasteiger partial charge in [0.05, 0.1) is 11.4 Å². The zero-order valence-electron chi connectivity index (χ0n) is 10.4. The van der Waals surface area contributed by atoms with Crippen molar-refractivity contribution >= 4 is 22.3 Å². The zero-order chi connectivity index (χ0) is 12.4. The summed E-state index contributed by atoms with van der Waals surface area (Å²) in [6.45, 7) is 4.77. The molecule has 1 aromatic rings. The fraction of sp³-hybridized carbons (Fsp3) is 0.727. The van der Waals surface area contributed by atoms with Crippen LogP contribution < -0.4 is 11.1 Å². The lowest BCUT2D eigenvalue weighted by atomic mass is 10.1. The van der Waals surface area contributed by atoms with E-state index < -0.39 is 10.8 Å². The van der Waals surface area contributed by atoms with Crippen LogP contribution in [0.4, 0.5) is 11.5 Å². The second kappa shape index (κ2) is 5.08. The monoisotopic (exact) mass is 256 g/mol. The molecule has 0 bridgehead atoms. The number of nitrogens with zero attached hydrogens (tertiary/aromatic N) is 2. The van der Waals surface area contributed by atoms with Gasteiger partial charge in [0.1, 0.15) is 5.82 Å². The first-order chi connectivity index (χ1) is 8.11. The van der Waals surface area contributed by atoms with Crippen LogP contribution in [0.3, 0.4) is 0 Å². The van der Waals surface area contributed by atoms with Crippen LogP contribution in [0.1, 0.15) is 25.5 Å². The highest BCUT2D eigenvalue weighted by atomic mass is 32.2. The standard InChI is InChI=1S/C11H20N4OS/c1-3-15-11(10(12)8(2)14-15)13-9-4-6-17(16)7-5-9/h9,13H,3-7,12H2,1-2H3. The first-order valence-corrected chi connectivity index (χ1v) is 7.55. The van der Waals surface area contributed by atoms with Gasteiger partial charge in [0.15, 0.2) is 0 Å². The van der Waals surface area contributed by atoms with E-state index in [1.807, 2.05) is 18.5 Å². The van der Waals surface area contributed by atoms with Crippen LogP contribution in [0.25, 0.3) is 0 Å². The summed E-state index contributed by atoms with van der Waals surface area (Å²) >= 11 is 0. The number of nitrogens with one attached hydrogen (secondary N) is 1. The first kappa shape index (κ1) is 12.4. The van der Waals surface area contributed by atoms with Crippen LogP contribution in [0.5, 0.6) is 0 Å². The summed E-state index contributed by atoms with van der Waals surface area (Å²) in [5.41, 5.74) is 7.62. The van der Waals surface area contributed by atoms with Gasteiger partial charge in [-0.2, -0.15) is 5.10 Å². The average Bonchev–Trinajstić information content (AvgIpc) is 2.59. The topological polar surface area (TPSA) is 72.9 Å². The van der Waals surface area contributed by atoms with E-state index in [1.165, 1.54) is 0 Å². The minimum absolute atomic E-state index is 0.372. The number of rotatable bonds is 3. The van der Waals surface area contributed by atoms with Crippen LogP contribution in [0.2, 0.25) is 0 Å². The summed E-state index contributed by atoms with van der Waals surface area (Å²) in [5, 5.41) is 7.83. The minimum Gasteiger partial charge on any atom is -0.394 e. The van der Waals surface area contributed by atoms with Crippen LogP contribution in [-0.4, -0.2) is 31.5 Å². The fourth-order valence-corrected chi connectivity index (χ4v) is 3.41. The van der Waals surface area contributed by atoms with Gasteiger partial charge in [0, 0.05) is 34.9 Å². The molecule has 5 nitrogen and oxygen atoms in total. The molecule has 0 spiro atoms. The molecule has 3 N–H and O–H groups in total. The molecule has 1 aromatic heterocycles. The van der Waals surface area contributed by atoms with Crippen molar-refractivity contribution in [1.82, 2.24) is 9.78 Å². The van der Waals surface area contributed by atoms with E-state index >= 15 is 0 Å². The van der Waals surface area contributed by atoms with Crippen molar-refractivity contribution in [2.75, 3.05) is 22.6 Å². The molecule has 0 saturated carbocycles. The molecule has 0 atom stereocenters. The highest BCUT2D eigenvalue weighted by molar-refractivity contribution is 7.85. The molecule has 0 amide bonds. The zero-order valence-corrected chi connectivity index (χ0v) is 11.2. The number of anilines is 2. The SMILES string of the molecule is CCn1nc(C)c(N)c1NC1CCS(=O)CC1. The van der Waals surface area contributed by atoms with Gasteiger partial charge in [-0.1, -0.05) is 0 Å². The lowest BCUT2D eigenvalue weighted by molar-refractivity contribution is 0.604. The van der Waals surface area contributed by atoms with Crippen LogP contribution in [0, 0.1) is 6.92 Å². The average molecular weight is 256 g/mol. The van der Waals surface area contributed by atoms with E-state index in [0.29, 0.717) is 6.04 Å². The third-order valence-electron chi connectivity index (χ3n) is 3.20. The minimum atomic E-state index is -0.620. The Kier molecular flexibility index (Phi) is 3.71. The van der Waals surface area contributed by atoms with Gasteiger partial charge in [-0.3, -0.25) is 4.21 Å². The first-order valence-electron chi connectivity index (χ1n) is 6.06. The summed E-state index contributed by atoms with van der Waals surface area (Å²) in [5.74, 6) is 2.50. The molecule has 0 unspecified atom stereocenters. The Morgan fingerprint density at radius 1 is 1.53 bits per heavy atom. The molecule has 2 rings (SSSR count). The maximum Gasteiger partial charge on any atom is 0.148 e. The highest BCUT2D eigenvalue weighted by Crippen LogP contribution is 2.25. The smallest absolute Gasteiger partial charge is 0.148 e. The summed E-state index contributed by atoms with van der Waals surface area (Å²) in [7, 11) is -0.620. The molecule has 1 fully saturated rings. The largest absolute Gasteiger partial charge is 0.394 e.